The second-order valence-electron chi connectivity index (χ2n) is 20.0. The molecule has 0 fully saturated rings. The fraction of sp³-hybridized carbons (Fsp3) is 0.194. The topological polar surface area (TPSA) is 0 Å². The van der Waals surface area contributed by atoms with Crippen LogP contribution in [0, 0.1) is 0 Å². The van der Waals surface area contributed by atoms with Gasteiger partial charge in [-0.25, -0.2) is 0 Å². The molecule has 12 rings (SSSR count). The molecule has 0 saturated carbocycles. The monoisotopic (exact) mass is 1120 g/mol. The van der Waals surface area contributed by atoms with Crippen molar-refractivity contribution in [2.75, 3.05) is 0 Å². The van der Waals surface area contributed by atoms with Crippen molar-refractivity contribution in [1.82, 2.24) is 0 Å². The van der Waals surface area contributed by atoms with Gasteiger partial charge in [-0.15, -0.1) is 44.8 Å². The second-order valence-corrected chi connectivity index (χ2v) is 24.7. The van der Waals surface area contributed by atoms with Crippen molar-refractivity contribution in [3.63, 3.8) is 0 Å². The molecule has 378 valence electrons. The number of unbranched alkanes of at least 4 members (excludes halogenated alkanes) is 6. The minimum absolute atomic E-state index is 0.826. The summed E-state index contributed by atoms with van der Waals surface area (Å²) in [5.41, 5.74) is 13.5. The van der Waals surface area contributed by atoms with E-state index in [1.807, 2.05) is 0 Å². The van der Waals surface area contributed by atoms with Gasteiger partial charge in [-0.2, -0.15) is 12.1 Å². The zero-order valence-corrected chi connectivity index (χ0v) is 49.6. The van der Waals surface area contributed by atoms with Crippen LogP contribution in [0.15, 0.2) is 218 Å². The number of hydrogen-bond acceptors (Lipinski definition) is 0. The Hall–Kier alpha value is -5.86. The summed E-state index contributed by atoms with van der Waals surface area (Å²) in [5, 5.41) is 15.9. The molecule has 0 unspecified atom stereocenters. The van der Waals surface area contributed by atoms with Gasteiger partial charge in [-0.05, 0) is 67.1 Å². The number of aryl methyl sites for hydroxylation is 2. The van der Waals surface area contributed by atoms with E-state index in [9.17, 15) is 0 Å². The summed E-state index contributed by atoms with van der Waals surface area (Å²) in [5.74, 6) is 0. The van der Waals surface area contributed by atoms with Crippen molar-refractivity contribution in [3.05, 3.63) is 230 Å². The SMILES string of the molecule is CCCCCCc1cc2c(-c3cccc4ccccc34)ccc(-c3cccc4ccccc34)c2[cH-]1.CCCCCCc1cc2c(-c3cccc4ccccc34)ccc(-c3cccc4ccccc34)c2[cH-]1.C[Si]C.[Cl][Zr+2][Cl]. The van der Waals surface area contributed by atoms with Gasteiger partial charge in [0, 0.05) is 9.52 Å². The number of benzene rings is 10. The first-order valence-corrected chi connectivity index (χ1v) is 35.7. The summed E-state index contributed by atoms with van der Waals surface area (Å²) < 4.78 is 0. The van der Waals surface area contributed by atoms with E-state index in [2.05, 4.69) is 245 Å². The van der Waals surface area contributed by atoms with Crippen molar-refractivity contribution in [2.45, 2.75) is 91.1 Å². The molecule has 0 aliphatic heterocycles. The molecule has 0 N–H and O–H groups in total. The van der Waals surface area contributed by atoms with E-state index in [1.165, 1.54) is 172 Å². The van der Waals surface area contributed by atoms with Gasteiger partial charge in [0.15, 0.2) is 0 Å². The first kappa shape index (κ1) is 54.9. The van der Waals surface area contributed by atoms with Crippen LogP contribution in [-0.2, 0) is 33.7 Å². The van der Waals surface area contributed by atoms with Crippen LogP contribution in [0.25, 0.3) is 109 Å². The molecule has 76 heavy (non-hydrogen) atoms. The van der Waals surface area contributed by atoms with Gasteiger partial charge in [0.1, 0.15) is 0 Å². The van der Waals surface area contributed by atoms with Gasteiger partial charge >= 0.3 is 37.9 Å². The van der Waals surface area contributed by atoms with Gasteiger partial charge in [0.2, 0.25) is 0 Å². The minimum atomic E-state index is -0.826. The van der Waals surface area contributed by atoms with Crippen LogP contribution >= 0.6 is 17.0 Å². The summed E-state index contributed by atoms with van der Waals surface area (Å²) in [6.07, 6.45) is 12.6. The predicted molar refractivity (Wildman–Crippen MR) is 336 cm³/mol. The molecule has 0 bridgehead atoms. The normalized spacial score (nSPS) is 11.0. The van der Waals surface area contributed by atoms with Crippen LogP contribution in [0.4, 0.5) is 0 Å². The third-order valence-electron chi connectivity index (χ3n) is 14.9. The van der Waals surface area contributed by atoms with E-state index in [1.54, 1.807) is 0 Å². The van der Waals surface area contributed by atoms with Gasteiger partial charge in [0.25, 0.3) is 0 Å². The molecular formula is C72H68Cl2SiZr. The molecule has 0 nitrogen and oxygen atoms in total. The Kier molecular flexibility index (Phi) is 19.8. The van der Waals surface area contributed by atoms with E-state index >= 15 is 0 Å². The Morgan fingerprint density at radius 2 is 0.592 bits per heavy atom. The molecule has 0 atom stereocenters. The maximum absolute atomic E-state index is 4.93. The van der Waals surface area contributed by atoms with E-state index in [-0.39, 0.29) is 0 Å². The first-order valence-electron chi connectivity index (χ1n) is 27.4. The predicted octanol–water partition coefficient (Wildman–Crippen LogP) is 22.8. The third kappa shape index (κ3) is 12.6. The van der Waals surface area contributed by atoms with Crippen LogP contribution in [0.5, 0.6) is 0 Å². The molecule has 12 aromatic rings. The molecule has 2 radical (unpaired) electrons. The van der Waals surface area contributed by atoms with Crippen molar-refractivity contribution in [2.24, 2.45) is 0 Å². The first-order chi connectivity index (χ1) is 37.5. The molecule has 0 aliphatic carbocycles. The number of halogens is 2. The maximum atomic E-state index is 4.93. The molecule has 0 saturated heterocycles. The van der Waals surface area contributed by atoms with Crippen LogP contribution in [0.1, 0.15) is 76.3 Å². The molecule has 0 heterocycles. The van der Waals surface area contributed by atoms with Crippen LogP contribution in [-0.4, -0.2) is 9.52 Å². The van der Waals surface area contributed by atoms with E-state index in [0.29, 0.717) is 0 Å². The molecule has 4 heteroatoms. The Morgan fingerprint density at radius 3 is 0.908 bits per heavy atom. The molecule has 0 spiro atoms. The zero-order chi connectivity index (χ0) is 52.6. The Labute approximate surface area is 473 Å². The fourth-order valence-electron chi connectivity index (χ4n) is 11.3. The summed E-state index contributed by atoms with van der Waals surface area (Å²) in [4.78, 5) is 0. The van der Waals surface area contributed by atoms with Gasteiger partial charge < -0.3 is 0 Å². The molecule has 12 aromatic carbocycles. The number of rotatable bonds is 14. The van der Waals surface area contributed by atoms with E-state index < -0.39 is 20.8 Å². The average molecular weight is 1120 g/mol. The Morgan fingerprint density at radius 1 is 0.329 bits per heavy atom. The summed E-state index contributed by atoms with van der Waals surface area (Å²) in [6, 6.07) is 81.0. The van der Waals surface area contributed by atoms with E-state index in [4.69, 9.17) is 17.0 Å². The molecule has 0 amide bonds. The zero-order valence-electron chi connectivity index (χ0n) is 44.6. The van der Waals surface area contributed by atoms with Gasteiger partial charge in [-0.1, -0.05) is 306 Å². The van der Waals surface area contributed by atoms with E-state index in [0.717, 1.165) is 22.4 Å². The Bertz CT molecular complexity index is 3320. The summed E-state index contributed by atoms with van der Waals surface area (Å²) in [7, 11) is 11.0. The summed E-state index contributed by atoms with van der Waals surface area (Å²) >= 11 is -0.826. The van der Waals surface area contributed by atoms with Crippen molar-refractivity contribution < 1.29 is 20.8 Å². The third-order valence-corrected chi connectivity index (χ3v) is 14.9. The quantitative estimate of drug-likeness (QED) is 0.0578. The molecular weight excluding hydrogens is 1060 g/mol. The summed E-state index contributed by atoms with van der Waals surface area (Å²) in [6.45, 7) is 8.87. The van der Waals surface area contributed by atoms with Crippen LogP contribution in [0.2, 0.25) is 13.1 Å². The van der Waals surface area contributed by atoms with Crippen molar-refractivity contribution >= 4 is 91.2 Å². The number of fused-ring (bicyclic) bond motifs is 6. The Balaban J connectivity index is 0.000000169. The average Bonchev–Trinajstić information content (AvgIpc) is 4.11. The number of hydrogen-bond donors (Lipinski definition) is 0. The van der Waals surface area contributed by atoms with Gasteiger partial charge in [0.05, 0.1) is 0 Å². The second kappa shape index (κ2) is 27.5. The standard InChI is InChI=1S/2C35H31.C2H6Si.2ClH.Zr/c2*1-2-3-4-5-12-25-23-34-32(30-19-10-15-26-13-6-8-17-28(26)30)21-22-33(35(34)24-25)31-20-11-16-27-14-7-9-18-29(27)31;1-3-2;;;/h2*6-11,13-24H,2-5,12H2,1H3;1-2H3;2*1H;/q2*-1;;;;+4/p-2. The molecule has 0 aliphatic rings. The fourth-order valence-corrected chi connectivity index (χ4v) is 11.3. The van der Waals surface area contributed by atoms with Gasteiger partial charge in [-0.3, -0.25) is 0 Å². The van der Waals surface area contributed by atoms with Crippen LogP contribution < -0.4 is 0 Å². The molecule has 0 aromatic heterocycles. The van der Waals surface area contributed by atoms with Crippen LogP contribution in [0.3, 0.4) is 0 Å². The van der Waals surface area contributed by atoms with Crippen molar-refractivity contribution in [3.8, 4) is 44.5 Å². The van der Waals surface area contributed by atoms with Crippen molar-refractivity contribution in [1.29, 1.82) is 0 Å².